The summed E-state index contributed by atoms with van der Waals surface area (Å²) in [4.78, 5) is 34.1. The van der Waals surface area contributed by atoms with Crippen molar-refractivity contribution < 1.29 is 19.5 Å². The van der Waals surface area contributed by atoms with Crippen molar-refractivity contribution >= 4 is 17.8 Å². The van der Waals surface area contributed by atoms with Crippen molar-refractivity contribution in [1.29, 1.82) is 0 Å². The first-order valence-corrected chi connectivity index (χ1v) is 4.75. The maximum Gasteiger partial charge on any atom is 0.327 e. The third-order valence-corrected chi connectivity index (χ3v) is 1.86. The van der Waals surface area contributed by atoms with Crippen LogP contribution in [0.1, 0.15) is 6.92 Å². The number of nitrogens with zero attached hydrogens (tertiary/aromatic N) is 1. The summed E-state index contributed by atoms with van der Waals surface area (Å²) in [6, 6.07) is -1.01. The van der Waals surface area contributed by atoms with Gasteiger partial charge < -0.3 is 15.7 Å². The van der Waals surface area contributed by atoms with E-state index in [9.17, 15) is 14.4 Å². The molecule has 0 aromatic carbocycles. The van der Waals surface area contributed by atoms with E-state index in [2.05, 4.69) is 10.6 Å². The van der Waals surface area contributed by atoms with Crippen LogP contribution in [-0.4, -0.2) is 61.0 Å². The van der Waals surface area contributed by atoms with Crippen molar-refractivity contribution in [2.75, 3.05) is 27.2 Å². The minimum absolute atomic E-state index is 0.0718. The molecule has 0 aliphatic heterocycles. The average molecular weight is 231 g/mol. The van der Waals surface area contributed by atoms with Crippen LogP contribution in [0.25, 0.3) is 0 Å². The Morgan fingerprint density at radius 2 is 1.94 bits per heavy atom. The fraction of sp³-hybridized carbons (Fsp3) is 0.667. The Morgan fingerprint density at radius 1 is 1.38 bits per heavy atom. The Morgan fingerprint density at radius 3 is 2.31 bits per heavy atom. The molecule has 0 spiro atoms. The number of nitrogens with one attached hydrogen (secondary N) is 2. The van der Waals surface area contributed by atoms with Crippen molar-refractivity contribution in [2.24, 2.45) is 0 Å². The van der Waals surface area contributed by atoms with E-state index in [1.807, 2.05) is 0 Å². The molecule has 0 aromatic rings. The Labute approximate surface area is 93.8 Å². The van der Waals surface area contributed by atoms with Gasteiger partial charge in [-0.2, -0.15) is 0 Å². The Hall–Kier alpha value is -1.63. The van der Waals surface area contributed by atoms with Crippen molar-refractivity contribution in [3.8, 4) is 0 Å². The highest BCUT2D eigenvalue weighted by molar-refractivity contribution is 5.82. The van der Waals surface area contributed by atoms with Gasteiger partial charge in [0, 0.05) is 20.5 Å². The summed E-state index contributed by atoms with van der Waals surface area (Å²) < 4.78 is 0. The first kappa shape index (κ1) is 14.4. The van der Waals surface area contributed by atoms with Gasteiger partial charge in [0.25, 0.3) is 0 Å². The maximum atomic E-state index is 11.0. The summed E-state index contributed by atoms with van der Waals surface area (Å²) in [6.07, 6.45) is 0. The molecule has 0 aromatic heterocycles. The molecule has 7 nitrogen and oxygen atoms in total. The van der Waals surface area contributed by atoms with Crippen LogP contribution >= 0.6 is 0 Å². The van der Waals surface area contributed by atoms with Crippen LogP contribution in [0.4, 0.5) is 0 Å². The number of carboxylic acids is 1. The predicted molar refractivity (Wildman–Crippen MR) is 56.8 cm³/mol. The quantitative estimate of drug-likeness (QED) is 0.503. The van der Waals surface area contributed by atoms with Gasteiger partial charge in [0.1, 0.15) is 6.04 Å². The van der Waals surface area contributed by atoms with E-state index >= 15 is 0 Å². The van der Waals surface area contributed by atoms with Gasteiger partial charge in [0.2, 0.25) is 11.8 Å². The second-order valence-electron chi connectivity index (χ2n) is 3.46. The average Bonchev–Trinajstić information content (AvgIpc) is 2.15. The van der Waals surface area contributed by atoms with Gasteiger partial charge in [0.15, 0.2) is 0 Å². The van der Waals surface area contributed by atoms with E-state index in [0.717, 1.165) is 0 Å². The molecule has 0 aliphatic rings. The van der Waals surface area contributed by atoms with Crippen LogP contribution in [0.3, 0.4) is 0 Å². The highest BCUT2D eigenvalue weighted by atomic mass is 16.4. The van der Waals surface area contributed by atoms with Gasteiger partial charge in [0.05, 0.1) is 6.54 Å². The Kier molecular flexibility index (Phi) is 6.09. The molecule has 0 saturated heterocycles. The van der Waals surface area contributed by atoms with E-state index in [1.54, 1.807) is 7.05 Å². The number of hydrogen-bond donors (Lipinski definition) is 3. The molecule has 0 aliphatic carbocycles. The summed E-state index contributed by atoms with van der Waals surface area (Å²) in [5, 5.41) is 13.5. The van der Waals surface area contributed by atoms with Crippen LogP contribution < -0.4 is 10.6 Å². The molecule has 0 radical (unpaired) electrons. The molecule has 0 saturated carbocycles. The SMILES string of the molecule is CNC(=O)CN(C)CC(NC(C)=O)C(=O)O. The molecule has 0 fully saturated rings. The van der Waals surface area contributed by atoms with Crippen LogP contribution in [-0.2, 0) is 14.4 Å². The van der Waals surface area contributed by atoms with Gasteiger partial charge in [-0.15, -0.1) is 0 Å². The molecule has 16 heavy (non-hydrogen) atoms. The predicted octanol–water partition coefficient (Wildman–Crippen LogP) is -1.75. The van der Waals surface area contributed by atoms with E-state index in [4.69, 9.17) is 5.11 Å². The second-order valence-corrected chi connectivity index (χ2v) is 3.46. The number of likely N-dealkylation sites (N-methyl/N-ethyl adjacent to an activating group) is 2. The van der Waals surface area contributed by atoms with E-state index < -0.39 is 17.9 Å². The van der Waals surface area contributed by atoms with Crippen molar-refractivity contribution in [2.45, 2.75) is 13.0 Å². The monoisotopic (exact) mass is 231 g/mol. The number of rotatable bonds is 6. The molecule has 0 bridgehead atoms. The first-order valence-electron chi connectivity index (χ1n) is 4.75. The maximum absolute atomic E-state index is 11.0. The molecule has 0 rings (SSSR count). The second kappa shape index (κ2) is 6.78. The van der Waals surface area contributed by atoms with Crippen molar-refractivity contribution in [3.05, 3.63) is 0 Å². The smallest absolute Gasteiger partial charge is 0.327 e. The lowest BCUT2D eigenvalue weighted by atomic mass is 10.2. The van der Waals surface area contributed by atoms with E-state index in [1.165, 1.54) is 18.9 Å². The molecular formula is C9H17N3O4. The Bertz CT molecular complexity index is 280. The van der Waals surface area contributed by atoms with E-state index in [-0.39, 0.29) is 19.0 Å². The molecule has 92 valence electrons. The van der Waals surface area contributed by atoms with Gasteiger partial charge in [-0.1, -0.05) is 0 Å². The Balaban J connectivity index is 4.23. The van der Waals surface area contributed by atoms with Crippen LogP contribution in [0, 0.1) is 0 Å². The highest BCUT2D eigenvalue weighted by Crippen LogP contribution is 1.90. The summed E-state index contributed by atoms with van der Waals surface area (Å²) in [5.74, 6) is -1.76. The van der Waals surface area contributed by atoms with E-state index in [0.29, 0.717) is 0 Å². The zero-order valence-electron chi connectivity index (χ0n) is 9.61. The summed E-state index contributed by atoms with van der Waals surface area (Å²) in [7, 11) is 3.10. The topological polar surface area (TPSA) is 98.7 Å². The number of amides is 2. The third-order valence-electron chi connectivity index (χ3n) is 1.86. The van der Waals surface area contributed by atoms with Crippen LogP contribution in [0.15, 0.2) is 0 Å². The van der Waals surface area contributed by atoms with Crippen molar-refractivity contribution in [3.63, 3.8) is 0 Å². The fourth-order valence-electron chi connectivity index (χ4n) is 1.13. The number of hydrogen-bond acceptors (Lipinski definition) is 4. The first-order chi connectivity index (χ1) is 7.36. The largest absolute Gasteiger partial charge is 0.480 e. The summed E-state index contributed by atoms with van der Waals surface area (Å²) in [6.45, 7) is 1.40. The summed E-state index contributed by atoms with van der Waals surface area (Å²) in [5.41, 5.74) is 0. The molecule has 1 atom stereocenters. The lowest BCUT2D eigenvalue weighted by molar-refractivity contribution is -0.142. The molecule has 1 unspecified atom stereocenters. The van der Waals surface area contributed by atoms with Crippen LogP contribution in [0.2, 0.25) is 0 Å². The van der Waals surface area contributed by atoms with Gasteiger partial charge in [-0.05, 0) is 7.05 Å². The van der Waals surface area contributed by atoms with Gasteiger partial charge >= 0.3 is 5.97 Å². The molecular weight excluding hydrogens is 214 g/mol. The fourth-order valence-corrected chi connectivity index (χ4v) is 1.13. The number of carbonyl (C=O) groups is 3. The number of carboxylic acid groups (broad SMARTS) is 1. The van der Waals surface area contributed by atoms with Gasteiger partial charge in [-0.25, -0.2) is 4.79 Å². The zero-order chi connectivity index (χ0) is 12.7. The highest BCUT2D eigenvalue weighted by Gasteiger charge is 2.20. The normalized spacial score (nSPS) is 12.0. The lowest BCUT2D eigenvalue weighted by Gasteiger charge is -2.20. The minimum atomic E-state index is -1.13. The third kappa shape index (κ3) is 5.97. The summed E-state index contributed by atoms with van der Waals surface area (Å²) >= 11 is 0. The lowest BCUT2D eigenvalue weighted by Crippen LogP contribution is -2.48. The molecule has 7 heteroatoms. The standard InChI is InChI=1S/C9H17N3O4/c1-6(13)11-7(9(15)16)4-12(3)5-8(14)10-2/h7H,4-5H2,1-3H3,(H,10,14)(H,11,13)(H,15,16). The number of carbonyl (C=O) groups excluding carboxylic acids is 2. The number of aliphatic carboxylic acids is 1. The zero-order valence-corrected chi connectivity index (χ0v) is 9.61. The molecule has 3 N–H and O–H groups in total. The van der Waals surface area contributed by atoms with Crippen LogP contribution in [0.5, 0.6) is 0 Å². The van der Waals surface area contributed by atoms with Gasteiger partial charge in [-0.3, -0.25) is 14.5 Å². The molecule has 2 amide bonds. The minimum Gasteiger partial charge on any atom is -0.480 e. The van der Waals surface area contributed by atoms with Crippen molar-refractivity contribution in [1.82, 2.24) is 15.5 Å². The molecule has 0 heterocycles.